The Morgan fingerprint density at radius 2 is 1.74 bits per heavy atom. The van der Waals surface area contributed by atoms with Gasteiger partial charge in [-0.05, 0) is 43.3 Å². The van der Waals surface area contributed by atoms with Crippen molar-refractivity contribution in [1.29, 1.82) is 0 Å². The normalized spacial score (nSPS) is 9.96. The van der Waals surface area contributed by atoms with E-state index in [0.717, 1.165) is 6.07 Å². The van der Waals surface area contributed by atoms with Crippen molar-refractivity contribution in [1.82, 2.24) is 0 Å². The molecule has 3 N–H and O–H groups in total. The molecule has 120 valence electrons. The number of hydrogen-bond donors (Lipinski definition) is 3. The molecule has 2 aromatic carbocycles. The highest BCUT2D eigenvalue weighted by Gasteiger charge is 2.11. The lowest BCUT2D eigenvalue weighted by Crippen LogP contribution is -2.16. The van der Waals surface area contributed by atoms with Crippen LogP contribution in [0.5, 0.6) is 17.2 Å². The summed E-state index contributed by atoms with van der Waals surface area (Å²) in [7, 11) is 0. The lowest BCUT2D eigenvalue weighted by Gasteiger charge is -2.08. The Hall–Kier alpha value is -3.22. The average Bonchev–Trinajstić information content (AvgIpc) is 2.49. The number of hydrogen-bond acceptors (Lipinski definition) is 5. The van der Waals surface area contributed by atoms with Crippen LogP contribution in [0.2, 0.25) is 0 Å². The molecule has 2 aromatic rings. The number of carbonyl (C=O) groups excluding carboxylic acids is 1. The van der Waals surface area contributed by atoms with Crippen LogP contribution in [0.15, 0.2) is 42.5 Å². The molecular formula is C16H15NO6. The van der Waals surface area contributed by atoms with Gasteiger partial charge in [-0.2, -0.15) is 0 Å². The van der Waals surface area contributed by atoms with Crippen LogP contribution in [0.3, 0.4) is 0 Å². The molecule has 0 radical (unpaired) electrons. The Balaban J connectivity index is 1.99. The number of benzene rings is 2. The summed E-state index contributed by atoms with van der Waals surface area (Å²) in [5.74, 6) is -0.728. The Morgan fingerprint density at radius 3 is 2.30 bits per heavy atom. The predicted octanol–water partition coefficient (Wildman–Crippen LogP) is 3.10. The summed E-state index contributed by atoms with van der Waals surface area (Å²) in [6, 6.07) is 10.2. The van der Waals surface area contributed by atoms with Gasteiger partial charge in [0.25, 0.3) is 0 Å². The second-order valence-corrected chi connectivity index (χ2v) is 4.46. The zero-order valence-corrected chi connectivity index (χ0v) is 12.3. The van der Waals surface area contributed by atoms with Crippen molar-refractivity contribution in [3.05, 3.63) is 48.0 Å². The molecule has 7 heteroatoms. The van der Waals surface area contributed by atoms with Gasteiger partial charge in [-0.3, -0.25) is 5.32 Å². The van der Waals surface area contributed by atoms with Gasteiger partial charge in [0.15, 0.2) is 0 Å². The number of aromatic carboxylic acids is 1. The fourth-order valence-corrected chi connectivity index (χ4v) is 1.81. The van der Waals surface area contributed by atoms with E-state index in [9.17, 15) is 14.7 Å². The Labute approximate surface area is 132 Å². The molecule has 0 unspecified atom stereocenters. The van der Waals surface area contributed by atoms with Crippen LogP contribution in [-0.2, 0) is 0 Å². The first kappa shape index (κ1) is 16.2. The van der Waals surface area contributed by atoms with Gasteiger partial charge in [0.05, 0.1) is 6.61 Å². The molecule has 0 heterocycles. The van der Waals surface area contributed by atoms with E-state index in [1.54, 1.807) is 24.3 Å². The molecular weight excluding hydrogens is 302 g/mol. The standard InChI is InChI=1S/C16H15NO6/c1-2-22-11-4-6-12(7-5-11)23-16(21)17-10-3-8-13(15(19)20)14(18)9-10/h3-9,18H,2H2,1H3,(H,17,21)(H,19,20). The third-order valence-electron chi connectivity index (χ3n) is 2.82. The zero-order chi connectivity index (χ0) is 16.8. The van der Waals surface area contributed by atoms with E-state index in [2.05, 4.69) is 5.32 Å². The first-order valence-electron chi connectivity index (χ1n) is 6.77. The quantitative estimate of drug-likeness (QED) is 0.782. The number of anilines is 1. The Morgan fingerprint density at radius 1 is 1.09 bits per heavy atom. The third-order valence-corrected chi connectivity index (χ3v) is 2.82. The highest BCUT2D eigenvalue weighted by atomic mass is 16.6. The fourth-order valence-electron chi connectivity index (χ4n) is 1.81. The van der Waals surface area contributed by atoms with Crippen LogP contribution in [0.4, 0.5) is 10.5 Å². The van der Waals surface area contributed by atoms with Gasteiger partial charge in [-0.25, -0.2) is 9.59 Å². The minimum atomic E-state index is -1.26. The summed E-state index contributed by atoms with van der Waals surface area (Å²) in [4.78, 5) is 22.5. The number of aromatic hydroxyl groups is 1. The van der Waals surface area contributed by atoms with E-state index in [0.29, 0.717) is 18.1 Å². The lowest BCUT2D eigenvalue weighted by molar-refractivity contribution is 0.0693. The number of amides is 1. The smallest absolute Gasteiger partial charge is 0.417 e. The van der Waals surface area contributed by atoms with E-state index >= 15 is 0 Å². The molecule has 0 aliphatic rings. The van der Waals surface area contributed by atoms with Gasteiger partial charge in [-0.15, -0.1) is 0 Å². The topological polar surface area (TPSA) is 105 Å². The maximum absolute atomic E-state index is 11.8. The van der Waals surface area contributed by atoms with Crippen LogP contribution in [0, 0.1) is 0 Å². The van der Waals surface area contributed by atoms with Crippen molar-refractivity contribution in [2.45, 2.75) is 6.92 Å². The number of ether oxygens (including phenoxy) is 2. The molecule has 1 amide bonds. The van der Waals surface area contributed by atoms with E-state index in [4.69, 9.17) is 14.6 Å². The highest BCUT2D eigenvalue weighted by Crippen LogP contribution is 2.23. The number of carboxylic acids is 1. The van der Waals surface area contributed by atoms with Gasteiger partial charge < -0.3 is 19.7 Å². The molecule has 0 aliphatic carbocycles. The summed E-state index contributed by atoms with van der Waals surface area (Å²) in [6.45, 7) is 2.40. The third kappa shape index (κ3) is 4.37. The van der Waals surface area contributed by atoms with Crippen molar-refractivity contribution in [3.63, 3.8) is 0 Å². The summed E-state index contributed by atoms with van der Waals surface area (Å²) in [5.41, 5.74) is -0.0427. The molecule has 0 aliphatic heterocycles. The van der Waals surface area contributed by atoms with Crippen molar-refractivity contribution < 1.29 is 29.3 Å². The average molecular weight is 317 g/mol. The second kappa shape index (κ2) is 7.17. The molecule has 23 heavy (non-hydrogen) atoms. The zero-order valence-electron chi connectivity index (χ0n) is 12.3. The number of carbonyl (C=O) groups is 2. The molecule has 0 atom stereocenters. The summed E-state index contributed by atoms with van der Waals surface area (Å²) in [5, 5.41) is 20.8. The van der Waals surface area contributed by atoms with Gasteiger partial charge in [-0.1, -0.05) is 0 Å². The molecule has 2 rings (SSSR count). The Bertz CT molecular complexity index is 711. The highest BCUT2D eigenvalue weighted by molar-refractivity contribution is 5.93. The Kier molecular flexibility index (Phi) is 5.03. The molecule has 0 fully saturated rings. The van der Waals surface area contributed by atoms with E-state index < -0.39 is 17.8 Å². The predicted molar refractivity (Wildman–Crippen MR) is 82.3 cm³/mol. The van der Waals surface area contributed by atoms with Crippen LogP contribution in [0.25, 0.3) is 0 Å². The maximum Gasteiger partial charge on any atom is 0.417 e. The van der Waals surface area contributed by atoms with Gasteiger partial charge in [0.1, 0.15) is 22.8 Å². The van der Waals surface area contributed by atoms with Gasteiger partial charge in [0.2, 0.25) is 0 Å². The molecule has 0 aromatic heterocycles. The fraction of sp³-hybridized carbons (Fsp3) is 0.125. The van der Waals surface area contributed by atoms with Gasteiger partial charge >= 0.3 is 12.1 Å². The monoisotopic (exact) mass is 317 g/mol. The van der Waals surface area contributed by atoms with Crippen LogP contribution >= 0.6 is 0 Å². The maximum atomic E-state index is 11.8. The largest absolute Gasteiger partial charge is 0.507 e. The van der Waals surface area contributed by atoms with Crippen LogP contribution in [-0.4, -0.2) is 28.9 Å². The minimum Gasteiger partial charge on any atom is -0.507 e. The number of nitrogens with one attached hydrogen (secondary N) is 1. The molecule has 0 spiro atoms. The van der Waals surface area contributed by atoms with Crippen LogP contribution in [0.1, 0.15) is 17.3 Å². The summed E-state index contributed by atoms with van der Waals surface area (Å²) in [6.07, 6.45) is -0.767. The van der Waals surface area contributed by atoms with Crippen LogP contribution < -0.4 is 14.8 Å². The van der Waals surface area contributed by atoms with Crippen molar-refractivity contribution in [2.75, 3.05) is 11.9 Å². The molecule has 0 saturated heterocycles. The minimum absolute atomic E-state index is 0.212. The first-order chi connectivity index (χ1) is 11.0. The lowest BCUT2D eigenvalue weighted by atomic mass is 10.2. The van der Waals surface area contributed by atoms with E-state index in [1.165, 1.54) is 12.1 Å². The number of phenols is 1. The van der Waals surface area contributed by atoms with E-state index in [-0.39, 0.29) is 11.3 Å². The number of carboxylic acid groups (broad SMARTS) is 1. The van der Waals surface area contributed by atoms with Crippen molar-refractivity contribution in [2.24, 2.45) is 0 Å². The second-order valence-electron chi connectivity index (χ2n) is 4.46. The first-order valence-corrected chi connectivity index (χ1v) is 6.77. The molecule has 0 bridgehead atoms. The SMILES string of the molecule is CCOc1ccc(OC(=O)Nc2ccc(C(=O)O)c(O)c2)cc1. The summed E-state index contributed by atoms with van der Waals surface area (Å²) >= 11 is 0. The van der Waals surface area contributed by atoms with Crippen molar-refractivity contribution in [3.8, 4) is 17.2 Å². The summed E-state index contributed by atoms with van der Waals surface area (Å²) < 4.78 is 10.3. The van der Waals surface area contributed by atoms with Gasteiger partial charge in [0, 0.05) is 11.8 Å². The molecule has 7 nitrogen and oxygen atoms in total. The van der Waals surface area contributed by atoms with Crippen molar-refractivity contribution >= 4 is 17.7 Å². The number of rotatable bonds is 5. The van der Waals surface area contributed by atoms with E-state index in [1.807, 2.05) is 6.92 Å². The molecule has 0 saturated carbocycles.